The molecule has 0 aliphatic rings. The van der Waals surface area contributed by atoms with Gasteiger partial charge in [0, 0.05) is 13.1 Å². The van der Waals surface area contributed by atoms with Crippen LogP contribution in [0.2, 0.25) is 0 Å². The second kappa shape index (κ2) is 7.14. The fraction of sp³-hybridized carbons (Fsp3) is 0.857. The van der Waals surface area contributed by atoms with Gasteiger partial charge in [0.2, 0.25) is 0 Å². The molecule has 0 spiro atoms. The Balaban J connectivity index is 3.75. The lowest BCUT2D eigenvalue weighted by Gasteiger charge is -2.15. The molecule has 0 aliphatic carbocycles. The summed E-state index contributed by atoms with van der Waals surface area (Å²) in [7, 11) is 0. The topological polar surface area (TPSA) is 95.6 Å². The maximum atomic E-state index is 10.6. The van der Waals surface area contributed by atoms with Gasteiger partial charge in [0.15, 0.2) is 0 Å². The van der Waals surface area contributed by atoms with Crippen molar-refractivity contribution in [2.75, 3.05) is 18.8 Å². The van der Waals surface area contributed by atoms with Gasteiger partial charge in [0.1, 0.15) is 6.04 Å². The van der Waals surface area contributed by atoms with E-state index < -0.39 is 18.1 Å². The standard InChI is InChI=1S/C7H16N2O3S/c8-3-5(10)4-9-6(1-2-13)7(11)12/h5-6,9-10,13H,1-4,8H2,(H,11,12)/t5-,6-/m0/s1. The van der Waals surface area contributed by atoms with Crippen LogP contribution in [0.25, 0.3) is 0 Å². The van der Waals surface area contributed by atoms with Gasteiger partial charge in [0.25, 0.3) is 0 Å². The first kappa shape index (κ1) is 12.7. The van der Waals surface area contributed by atoms with E-state index in [9.17, 15) is 4.79 Å². The highest BCUT2D eigenvalue weighted by Gasteiger charge is 2.16. The second-order valence-electron chi connectivity index (χ2n) is 2.70. The normalized spacial score (nSPS) is 15.3. The van der Waals surface area contributed by atoms with Crippen molar-refractivity contribution in [3.05, 3.63) is 0 Å². The van der Waals surface area contributed by atoms with Crippen LogP contribution in [0.4, 0.5) is 0 Å². The Morgan fingerprint density at radius 3 is 2.62 bits per heavy atom. The van der Waals surface area contributed by atoms with Crippen LogP contribution in [0.5, 0.6) is 0 Å². The lowest BCUT2D eigenvalue weighted by atomic mass is 10.2. The largest absolute Gasteiger partial charge is 0.480 e. The van der Waals surface area contributed by atoms with Crippen LogP contribution in [-0.2, 0) is 4.79 Å². The van der Waals surface area contributed by atoms with Gasteiger partial charge in [-0.15, -0.1) is 0 Å². The monoisotopic (exact) mass is 208 g/mol. The Morgan fingerprint density at radius 1 is 1.62 bits per heavy atom. The Bertz CT molecular complexity index is 157. The molecule has 78 valence electrons. The average Bonchev–Trinajstić information content (AvgIpc) is 2.11. The molecule has 5 N–H and O–H groups in total. The summed E-state index contributed by atoms with van der Waals surface area (Å²) < 4.78 is 0. The molecule has 0 saturated heterocycles. The van der Waals surface area contributed by atoms with Gasteiger partial charge in [-0.3, -0.25) is 4.79 Å². The summed E-state index contributed by atoms with van der Waals surface area (Å²) in [5, 5.41) is 20.4. The van der Waals surface area contributed by atoms with Gasteiger partial charge in [-0.05, 0) is 12.2 Å². The molecule has 0 heterocycles. The number of thiol groups is 1. The molecule has 0 amide bonds. The van der Waals surface area contributed by atoms with Gasteiger partial charge < -0.3 is 21.3 Å². The molecule has 0 fully saturated rings. The number of carboxylic acids is 1. The van der Waals surface area contributed by atoms with Crippen molar-refractivity contribution >= 4 is 18.6 Å². The van der Waals surface area contributed by atoms with Crippen LogP contribution in [0.15, 0.2) is 0 Å². The van der Waals surface area contributed by atoms with E-state index >= 15 is 0 Å². The zero-order valence-electron chi connectivity index (χ0n) is 7.31. The molecule has 6 heteroatoms. The predicted molar refractivity (Wildman–Crippen MR) is 53.0 cm³/mol. The third-order valence-corrected chi connectivity index (χ3v) is 1.85. The first-order valence-electron chi connectivity index (χ1n) is 4.07. The van der Waals surface area contributed by atoms with E-state index in [4.69, 9.17) is 15.9 Å². The number of nitrogens with one attached hydrogen (secondary N) is 1. The summed E-state index contributed by atoms with van der Waals surface area (Å²) in [6.45, 7) is 0.321. The smallest absolute Gasteiger partial charge is 0.320 e. The van der Waals surface area contributed by atoms with Gasteiger partial charge in [-0.25, -0.2) is 0 Å². The van der Waals surface area contributed by atoms with Crippen molar-refractivity contribution in [1.82, 2.24) is 5.32 Å². The van der Waals surface area contributed by atoms with E-state index in [2.05, 4.69) is 17.9 Å². The van der Waals surface area contributed by atoms with Crippen molar-refractivity contribution in [3.63, 3.8) is 0 Å². The number of aliphatic hydroxyl groups is 1. The molecule has 0 radical (unpaired) electrons. The highest BCUT2D eigenvalue weighted by molar-refractivity contribution is 7.80. The van der Waals surface area contributed by atoms with E-state index in [1.165, 1.54) is 0 Å². The predicted octanol–water partition coefficient (Wildman–Crippen LogP) is -1.33. The Labute approximate surface area is 82.7 Å². The first-order chi connectivity index (χ1) is 6.11. The summed E-state index contributed by atoms with van der Waals surface area (Å²) in [5.74, 6) is -0.443. The van der Waals surface area contributed by atoms with Gasteiger partial charge in [-0.2, -0.15) is 12.6 Å². The molecule has 0 aromatic carbocycles. The van der Waals surface area contributed by atoms with E-state index in [1.54, 1.807) is 0 Å². The lowest BCUT2D eigenvalue weighted by Crippen LogP contribution is -2.43. The van der Waals surface area contributed by atoms with E-state index in [0.29, 0.717) is 12.2 Å². The third-order valence-electron chi connectivity index (χ3n) is 1.59. The number of rotatable bonds is 7. The molecule has 0 aromatic rings. The first-order valence-corrected chi connectivity index (χ1v) is 4.70. The van der Waals surface area contributed by atoms with Gasteiger partial charge in [0.05, 0.1) is 6.10 Å². The van der Waals surface area contributed by atoms with Crippen LogP contribution in [-0.4, -0.2) is 47.2 Å². The van der Waals surface area contributed by atoms with E-state index in [0.717, 1.165) is 0 Å². The molecule has 0 aromatic heterocycles. The zero-order chi connectivity index (χ0) is 10.3. The highest BCUT2D eigenvalue weighted by Crippen LogP contribution is 1.94. The van der Waals surface area contributed by atoms with Crippen molar-refractivity contribution in [3.8, 4) is 0 Å². The molecular weight excluding hydrogens is 192 g/mol. The van der Waals surface area contributed by atoms with Crippen LogP contribution in [0, 0.1) is 0 Å². The molecular formula is C7H16N2O3S. The maximum absolute atomic E-state index is 10.6. The molecule has 0 saturated carbocycles. The number of nitrogens with two attached hydrogens (primary N) is 1. The van der Waals surface area contributed by atoms with Crippen molar-refractivity contribution < 1.29 is 15.0 Å². The van der Waals surface area contributed by atoms with Crippen LogP contribution in [0.1, 0.15) is 6.42 Å². The summed E-state index contributed by atoms with van der Waals surface area (Å²) in [5.41, 5.74) is 5.16. The summed E-state index contributed by atoms with van der Waals surface area (Å²) >= 11 is 3.93. The minimum Gasteiger partial charge on any atom is -0.480 e. The molecule has 2 atom stereocenters. The second-order valence-corrected chi connectivity index (χ2v) is 3.15. The van der Waals surface area contributed by atoms with E-state index in [-0.39, 0.29) is 13.1 Å². The minimum absolute atomic E-state index is 0.125. The Morgan fingerprint density at radius 2 is 2.23 bits per heavy atom. The lowest BCUT2D eigenvalue weighted by molar-refractivity contribution is -0.139. The van der Waals surface area contributed by atoms with E-state index in [1.807, 2.05) is 0 Å². The number of hydrogen-bond acceptors (Lipinski definition) is 5. The molecule has 5 nitrogen and oxygen atoms in total. The summed E-state index contributed by atoms with van der Waals surface area (Å²) in [4.78, 5) is 10.6. The maximum Gasteiger partial charge on any atom is 0.320 e. The zero-order valence-corrected chi connectivity index (χ0v) is 8.20. The Kier molecular flexibility index (Phi) is 6.97. The van der Waals surface area contributed by atoms with Crippen molar-refractivity contribution in [2.24, 2.45) is 5.73 Å². The van der Waals surface area contributed by atoms with Crippen molar-refractivity contribution in [2.45, 2.75) is 18.6 Å². The minimum atomic E-state index is -0.932. The number of aliphatic hydroxyl groups excluding tert-OH is 1. The van der Waals surface area contributed by atoms with Crippen molar-refractivity contribution in [1.29, 1.82) is 0 Å². The molecule has 0 bridgehead atoms. The number of aliphatic carboxylic acids is 1. The third kappa shape index (κ3) is 5.87. The van der Waals surface area contributed by atoms with Gasteiger partial charge >= 0.3 is 5.97 Å². The Hall–Kier alpha value is -0.300. The van der Waals surface area contributed by atoms with Gasteiger partial charge in [-0.1, -0.05) is 0 Å². The molecule has 0 unspecified atom stereocenters. The van der Waals surface area contributed by atoms with Crippen LogP contribution >= 0.6 is 12.6 Å². The molecule has 13 heavy (non-hydrogen) atoms. The number of hydrogen-bond donors (Lipinski definition) is 5. The average molecular weight is 208 g/mol. The van der Waals surface area contributed by atoms with Crippen LogP contribution < -0.4 is 11.1 Å². The quantitative estimate of drug-likeness (QED) is 0.334. The highest BCUT2D eigenvalue weighted by atomic mass is 32.1. The fourth-order valence-corrected chi connectivity index (χ4v) is 1.06. The van der Waals surface area contributed by atoms with Crippen LogP contribution in [0.3, 0.4) is 0 Å². The SMILES string of the molecule is NC[C@H](O)CN[C@@H](CCS)C(=O)O. The summed E-state index contributed by atoms with van der Waals surface area (Å²) in [6, 6.07) is -0.654. The molecule has 0 rings (SSSR count). The summed E-state index contributed by atoms with van der Waals surface area (Å²) in [6.07, 6.45) is -0.266. The number of carbonyl (C=O) groups is 1. The molecule has 0 aliphatic heterocycles. The number of carboxylic acid groups (broad SMARTS) is 1. The fourth-order valence-electron chi connectivity index (χ4n) is 0.804.